The molecule has 4 rings (SSSR count). The normalized spacial score (nSPS) is 26.4. The fourth-order valence-electron chi connectivity index (χ4n) is 3.89. The molecular formula is C20H20ClN3O. The van der Waals surface area contributed by atoms with Gasteiger partial charge in [0.25, 0.3) is 0 Å². The molecule has 25 heavy (non-hydrogen) atoms. The molecule has 0 saturated heterocycles. The third-order valence-corrected chi connectivity index (χ3v) is 5.76. The Morgan fingerprint density at radius 2 is 2.00 bits per heavy atom. The van der Waals surface area contributed by atoms with Gasteiger partial charge in [-0.05, 0) is 48.9 Å². The highest BCUT2D eigenvalue weighted by Crippen LogP contribution is 2.50. The Balaban J connectivity index is 1.84. The molecule has 2 unspecified atom stereocenters. The van der Waals surface area contributed by atoms with E-state index < -0.39 is 5.54 Å². The van der Waals surface area contributed by atoms with Crippen LogP contribution >= 0.6 is 11.6 Å². The Labute approximate surface area is 152 Å². The maximum Gasteiger partial charge on any atom is 0.175 e. The van der Waals surface area contributed by atoms with Crippen molar-refractivity contribution in [2.24, 2.45) is 22.6 Å². The lowest BCUT2D eigenvalue weighted by atomic mass is 9.65. The van der Waals surface area contributed by atoms with Crippen molar-refractivity contribution in [2.45, 2.75) is 31.7 Å². The largest absolute Gasteiger partial charge is 0.387 e. The van der Waals surface area contributed by atoms with Crippen LogP contribution < -0.4 is 5.73 Å². The van der Waals surface area contributed by atoms with E-state index in [1.807, 2.05) is 37.3 Å². The quantitative estimate of drug-likeness (QED) is 0.907. The van der Waals surface area contributed by atoms with Crippen LogP contribution in [0.3, 0.4) is 0 Å². The first-order valence-corrected chi connectivity index (χ1v) is 9.01. The molecule has 0 spiro atoms. The minimum Gasteiger partial charge on any atom is -0.387 e. The molecular weight excluding hydrogens is 334 g/mol. The van der Waals surface area contributed by atoms with Gasteiger partial charge in [0.05, 0.1) is 10.9 Å². The van der Waals surface area contributed by atoms with Crippen LogP contribution in [0.1, 0.15) is 31.7 Å². The van der Waals surface area contributed by atoms with E-state index in [1.165, 1.54) is 0 Å². The van der Waals surface area contributed by atoms with Crippen molar-refractivity contribution < 1.29 is 4.79 Å². The second-order valence-corrected chi connectivity index (χ2v) is 7.43. The van der Waals surface area contributed by atoms with Crippen LogP contribution in [0.4, 0.5) is 0 Å². The van der Waals surface area contributed by atoms with Gasteiger partial charge in [0.2, 0.25) is 0 Å². The lowest BCUT2D eigenvalue weighted by Gasteiger charge is -2.40. The minimum atomic E-state index is -0.830. The lowest BCUT2D eigenvalue weighted by molar-refractivity contribution is -0.128. The summed E-state index contributed by atoms with van der Waals surface area (Å²) in [7, 11) is 0. The van der Waals surface area contributed by atoms with Crippen LogP contribution in [0.2, 0.25) is 5.02 Å². The number of aromatic nitrogens is 1. The van der Waals surface area contributed by atoms with E-state index >= 15 is 0 Å². The Morgan fingerprint density at radius 3 is 2.60 bits per heavy atom. The van der Waals surface area contributed by atoms with Gasteiger partial charge >= 0.3 is 0 Å². The van der Waals surface area contributed by atoms with Crippen molar-refractivity contribution in [3.05, 3.63) is 53.3 Å². The molecule has 2 aliphatic rings. The zero-order valence-electron chi connectivity index (χ0n) is 14.1. The van der Waals surface area contributed by atoms with Gasteiger partial charge in [0.15, 0.2) is 5.78 Å². The monoisotopic (exact) mass is 353 g/mol. The van der Waals surface area contributed by atoms with Crippen LogP contribution in [0.5, 0.6) is 0 Å². The Kier molecular flexibility index (Phi) is 3.88. The third kappa shape index (κ3) is 2.47. The van der Waals surface area contributed by atoms with E-state index in [-0.39, 0.29) is 17.6 Å². The maximum atomic E-state index is 13.1. The number of nitrogens with zero attached hydrogens (tertiary/aromatic N) is 2. The van der Waals surface area contributed by atoms with Gasteiger partial charge in [-0.2, -0.15) is 0 Å². The summed E-state index contributed by atoms with van der Waals surface area (Å²) in [5.74, 6) is 0.483. The Bertz CT molecular complexity index is 875. The Morgan fingerprint density at radius 1 is 1.20 bits per heavy atom. The number of amidine groups is 1. The molecule has 2 aromatic rings. The molecule has 1 fully saturated rings. The first-order valence-electron chi connectivity index (χ1n) is 8.63. The van der Waals surface area contributed by atoms with E-state index in [9.17, 15) is 4.79 Å². The van der Waals surface area contributed by atoms with Crippen molar-refractivity contribution in [1.82, 2.24) is 4.98 Å². The number of aliphatic imine (C=N–C) groups is 1. The number of carbonyl (C=O) groups is 1. The van der Waals surface area contributed by atoms with Crippen LogP contribution in [0, 0.1) is 11.8 Å². The predicted octanol–water partition coefficient (Wildman–Crippen LogP) is 3.97. The van der Waals surface area contributed by atoms with E-state index in [0.29, 0.717) is 10.9 Å². The second kappa shape index (κ2) is 5.95. The predicted molar refractivity (Wildman–Crippen MR) is 99.5 cm³/mol. The lowest BCUT2D eigenvalue weighted by Crippen LogP contribution is -2.43. The number of nitrogens with two attached hydrogens (primary N) is 1. The molecule has 0 radical (unpaired) electrons. The number of pyridine rings is 1. The van der Waals surface area contributed by atoms with E-state index in [1.54, 1.807) is 12.4 Å². The summed E-state index contributed by atoms with van der Waals surface area (Å²) in [5.41, 5.74) is 8.07. The summed E-state index contributed by atoms with van der Waals surface area (Å²) in [6.45, 7) is 1.85. The smallest absolute Gasteiger partial charge is 0.175 e. The standard InChI is InChI=1S/C20H20ClN3O/c1-12-18(25)20(24-19(12)22,15-5-3-6-15)16-7-2-4-13(8-16)14-9-17(21)11-23-10-14/h2,4,7-12,15H,3,5-6H2,1H3,(H2,22,24). The molecule has 128 valence electrons. The van der Waals surface area contributed by atoms with Crippen molar-refractivity contribution in [3.63, 3.8) is 0 Å². The highest BCUT2D eigenvalue weighted by atomic mass is 35.5. The first kappa shape index (κ1) is 16.3. The molecule has 1 aliphatic carbocycles. The van der Waals surface area contributed by atoms with Crippen molar-refractivity contribution in [3.8, 4) is 11.1 Å². The summed E-state index contributed by atoms with van der Waals surface area (Å²) in [6, 6.07) is 9.88. The zero-order valence-corrected chi connectivity index (χ0v) is 14.8. The summed E-state index contributed by atoms with van der Waals surface area (Å²) >= 11 is 6.08. The second-order valence-electron chi connectivity index (χ2n) is 6.99. The minimum absolute atomic E-state index is 0.121. The summed E-state index contributed by atoms with van der Waals surface area (Å²) < 4.78 is 0. The maximum absolute atomic E-state index is 13.1. The fourth-order valence-corrected chi connectivity index (χ4v) is 4.06. The molecule has 4 nitrogen and oxygen atoms in total. The van der Waals surface area contributed by atoms with Crippen molar-refractivity contribution in [1.29, 1.82) is 0 Å². The van der Waals surface area contributed by atoms with Crippen LogP contribution in [-0.2, 0) is 10.3 Å². The van der Waals surface area contributed by atoms with E-state index in [0.717, 1.165) is 36.0 Å². The molecule has 1 saturated carbocycles. The van der Waals surface area contributed by atoms with Crippen molar-refractivity contribution >= 4 is 23.2 Å². The average molecular weight is 354 g/mol. The number of carbonyl (C=O) groups excluding carboxylic acids is 1. The number of rotatable bonds is 3. The third-order valence-electron chi connectivity index (χ3n) is 5.55. The highest BCUT2D eigenvalue weighted by molar-refractivity contribution is 6.30. The fraction of sp³-hybridized carbons (Fsp3) is 0.350. The SMILES string of the molecule is CC1C(=O)C(c2cccc(-c3cncc(Cl)c3)c2)(C2CCC2)N=C1N. The summed E-state index contributed by atoms with van der Waals surface area (Å²) in [4.78, 5) is 22.0. The van der Waals surface area contributed by atoms with Crippen LogP contribution in [0.25, 0.3) is 11.1 Å². The average Bonchev–Trinajstić information content (AvgIpc) is 2.79. The van der Waals surface area contributed by atoms with Gasteiger partial charge in [-0.25, -0.2) is 0 Å². The zero-order chi connectivity index (χ0) is 17.6. The summed E-state index contributed by atoms with van der Waals surface area (Å²) in [5, 5.41) is 0.587. The molecule has 2 atom stereocenters. The topological polar surface area (TPSA) is 68.3 Å². The molecule has 5 heteroatoms. The molecule has 0 bridgehead atoms. The van der Waals surface area contributed by atoms with Crippen molar-refractivity contribution in [2.75, 3.05) is 0 Å². The highest BCUT2D eigenvalue weighted by Gasteiger charge is 2.54. The molecule has 1 aliphatic heterocycles. The molecule has 1 aromatic heterocycles. The number of ketones is 1. The van der Waals surface area contributed by atoms with E-state index in [4.69, 9.17) is 22.3 Å². The number of Topliss-reactive ketones (excluding diaryl/α,β-unsaturated/α-hetero) is 1. The number of halogens is 1. The number of benzene rings is 1. The van der Waals surface area contributed by atoms with Gasteiger partial charge in [-0.3, -0.25) is 14.8 Å². The van der Waals surface area contributed by atoms with Gasteiger partial charge in [0, 0.05) is 18.0 Å². The molecule has 2 heterocycles. The van der Waals surface area contributed by atoms with Gasteiger partial charge in [-0.1, -0.05) is 36.2 Å². The Hall–Kier alpha value is -2.20. The number of hydrogen-bond acceptors (Lipinski definition) is 4. The van der Waals surface area contributed by atoms with Crippen LogP contribution in [-0.4, -0.2) is 16.6 Å². The number of hydrogen-bond donors (Lipinski definition) is 1. The van der Waals surface area contributed by atoms with Gasteiger partial charge in [0.1, 0.15) is 11.4 Å². The van der Waals surface area contributed by atoms with E-state index in [2.05, 4.69) is 4.98 Å². The molecule has 0 amide bonds. The molecule has 2 N–H and O–H groups in total. The molecule has 1 aromatic carbocycles. The summed E-state index contributed by atoms with van der Waals surface area (Å²) in [6.07, 6.45) is 6.55. The van der Waals surface area contributed by atoms with Gasteiger partial charge in [-0.15, -0.1) is 0 Å². The first-order chi connectivity index (χ1) is 12.0. The van der Waals surface area contributed by atoms with Crippen LogP contribution in [0.15, 0.2) is 47.7 Å². The van der Waals surface area contributed by atoms with Gasteiger partial charge < -0.3 is 5.73 Å².